The summed E-state index contributed by atoms with van der Waals surface area (Å²) in [7, 11) is 0. The van der Waals surface area contributed by atoms with E-state index in [4.69, 9.17) is 4.74 Å². The van der Waals surface area contributed by atoms with Crippen molar-refractivity contribution in [3.8, 4) is 0 Å². The highest BCUT2D eigenvalue weighted by Crippen LogP contribution is 2.21. The highest BCUT2D eigenvalue weighted by molar-refractivity contribution is 5.83. The predicted molar refractivity (Wildman–Crippen MR) is 93.6 cm³/mol. The highest BCUT2D eigenvalue weighted by Gasteiger charge is 2.24. The molecule has 6 heteroatoms. The zero-order valence-electron chi connectivity index (χ0n) is 16.2. The van der Waals surface area contributed by atoms with Gasteiger partial charge in [0.05, 0.1) is 17.8 Å². The fourth-order valence-corrected chi connectivity index (χ4v) is 2.18. The topological polar surface area (TPSA) is 77.2 Å². The normalized spacial score (nSPS) is 13.3. The molecule has 1 aromatic rings. The molecule has 0 bridgehead atoms. The van der Waals surface area contributed by atoms with E-state index in [-0.39, 0.29) is 16.7 Å². The van der Waals surface area contributed by atoms with E-state index in [2.05, 4.69) is 24.2 Å². The van der Waals surface area contributed by atoms with E-state index >= 15 is 0 Å². The Kier molecular flexibility index (Phi) is 6.70. The van der Waals surface area contributed by atoms with E-state index in [1.807, 2.05) is 31.6 Å². The first-order chi connectivity index (χ1) is 10.8. The number of Topliss-reactive ketones (excluding diaryl/α,β-unsaturated/α-hetero) is 1. The van der Waals surface area contributed by atoms with Crippen molar-refractivity contribution in [2.45, 2.75) is 85.5 Å². The molecule has 1 rings (SSSR count). The number of aryl methyl sites for hydroxylation is 1. The van der Waals surface area contributed by atoms with Crippen molar-refractivity contribution in [2.24, 2.45) is 5.41 Å². The molecule has 24 heavy (non-hydrogen) atoms. The molecule has 0 spiro atoms. The van der Waals surface area contributed by atoms with E-state index in [0.717, 1.165) is 18.5 Å². The molecule has 1 heterocycles. The van der Waals surface area contributed by atoms with E-state index in [1.165, 1.54) is 0 Å². The standard InChI is InChI=1S/C18H33N3O3/c1-16(2,3)15(22)10-8-9-14-13-21(20-19-14)17(4,5)11-12-24-18(6,7)23/h13,23H,8-12H2,1-7H3. The number of ether oxygens (including phenoxy) is 1. The monoisotopic (exact) mass is 339 g/mol. The van der Waals surface area contributed by atoms with E-state index in [9.17, 15) is 9.90 Å². The Morgan fingerprint density at radius 1 is 1.21 bits per heavy atom. The minimum Gasteiger partial charge on any atom is -0.366 e. The second-order valence-corrected chi connectivity index (χ2v) is 8.54. The quantitative estimate of drug-likeness (QED) is 0.700. The Bertz CT molecular complexity index is 536. The summed E-state index contributed by atoms with van der Waals surface area (Å²) in [4.78, 5) is 11.9. The summed E-state index contributed by atoms with van der Waals surface area (Å²) in [5.74, 6) is -0.845. The molecule has 0 aliphatic carbocycles. The lowest BCUT2D eigenvalue weighted by Gasteiger charge is -2.26. The summed E-state index contributed by atoms with van der Waals surface area (Å²) >= 11 is 0. The Morgan fingerprint density at radius 2 is 1.83 bits per heavy atom. The first-order valence-corrected chi connectivity index (χ1v) is 8.63. The lowest BCUT2D eigenvalue weighted by Crippen LogP contribution is -2.31. The molecule has 1 aromatic heterocycles. The third-order valence-corrected chi connectivity index (χ3v) is 4.00. The maximum absolute atomic E-state index is 11.9. The molecule has 0 fully saturated rings. The van der Waals surface area contributed by atoms with Gasteiger partial charge in [-0.2, -0.15) is 0 Å². The van der Waals surface area contributed by atoms with Crippen LogP contribution < -0.4 is 0 Å². The Morgan fingerprint density at radius 3 is 2.38 bits per heavy atom. The summed E-state index contributed by atoms with van der Waals surface area (Å²) in [5.41, 5.74) is 0.367. The number of hydrogen-bond acceptors (Lipinski definition) is 5. The van der Waals surface area contributed by atoms with Crippen molar-refractivity contribution in [1.82, 2.24) is 15.0 Å². The van der Waals surface area contributed by atoms with Crippen LogP contribution >= 0.6 is 0 Å². The summed E-state index contributed by atoms with van der Waals surface area (Å²) in [6.45, 7) is 13.6. The number of aliphatic hydroxyl groups is 1. The number of ketones is 1. The van der Waals surface area contributed by atoms with Crippen LogP contribution in [0.5, 0.6) is 0 Å². The van der Waals surface area contributed by atoms with Crippen LogP contribution in [0.15, 0.2) is 6.20 Å². The summed E-state index contributed by atoms with van der Waals surface area (Å²) < 4.78 is 7.21. The molecule has 0 unspecified atom stereocenters. The molecule has 0 saturated carbocycles. The van der Waals surface area contributed by atoms with Crippen molar-refractivity contribution in [2.75, 3.05) is 6.61 Å². The van der Waals surface area contributed by atoms with Crippen LogP contribution in [-0.4, -0.2) is 38.3 Å². The Labute approximate surface area is 145 Å². The molecular formula is C18H33N3O3. The van der Waals surface area contributed by atoms with Crippen LogP contribution in [0, 0.1) is 5.41 Å². The average molecular weight is 339 g/mol. The van der Waals surface area contributed by atoms with Crippen LogP contribution in [0.1, 0.15) is 73.4 Å². The van der Waals surface area contributed by atoms with Gasteiger partial charge in [-0.15, -0.1) is 5.10 Å². The summed E-state index contributed by atoms with van der Waals surface area (Å²) in [5, 5.41) is 18.0. The number of carbonyl (C=O) groups excluding carboxylic acids is 1. The van der Waals surface area contributed by atoms with Crippen molar-refractivity contribution in [3.05, 3.63) is 11.9 Å². The third kappa shape index (κ3) is 7.09. The number of aromatic nitrogens is 3. The number of carbonyl (C=O) groups is 1. The van der Waals surface area contributed by atoms with Crippen molar-refractivity contribution in [3.63, 3.8) is 0 Å². The van der Waals surface area contributed by atoms with Gasteiger partial charge in [0, 0.05) is 18.0 Å². The summed E-state index contributed by atoms with van der Waals surface area (Å²) in [6, 6.07) is 0. The van der Waals surface area contributed by atoms with Gasteiger partial charge in [0.25, 0.3) is 0 Å². The molecular weight excluding hydrogens is 306 g/mol. The number of rotatable bonds is 9. The first-order valence-electron chi connectivity index (χ1n) is 8.63. The second-order valence-electron chi connectivity index (χ2n) is 8.54. The minimum atomic E-state index is -1.12. The molecule has 138 valence electrons. The Balaban J connectivity index is 2.51. The van der Waals surface area contributed by atoms with Crippen LogP contribution in [0.25, 0.3) is 0 Å². The van der Waals surface area contributed by atoms with Gasteiger partial charge >= 0.3 is 0 Å². The van der Waals surface area contributed by atoms with Gasteiger partial charge in [0.15, 0.2) is 5.79 Å². The SMILES string of the molecule is CC(C)(O)OCCC(C)(C)n1cc(CCCC(=O)C(C)(C)C)nn1. The molecule has 0 aliphatic heterocycles. The minimum absolute atomic E-state index is 0.252. The van der Waals surface area contributed by atoms with Gasteiger partial charge in [-0.05, 0) is 47.0 Å². The van der Waals surface area contributed by atoms with Crippen molar-refractivity contribution < 1.29 is 14.6 Å². The van der Waals surface area contributed by atoms with Crippen LogP contribution in [0.2, 0.25) is 0 Å². The van der Waals surface area contributed by atoms with E-state index < -0.39 is 5.79 Å². The lowest BCUT2D eigenvalue weighted by molar-refractivity contribution is -0.179. The lowest BCUT2D eigenvalue weighted by atomic mass is 9.88. The number of nitrogens with zero attached hydrogens (tertiary/aromatic N) is 3. The van der Waals surface area contributed by atoms with Crippen LogP contribution in [-0.2, 0) is 21.5 Å². The second kappa shape index (κ2) is 7.74. The van der Waals surface area contributed by atoms with Crippen molar-refractivity contribution in [1.29, 1.82) is 0 Å². The summed E-state index contributed by atoms with van der Waals surface area (Å²) in [6.07, 6.45) is 4.75. The molecule has 0 saturated heterocycles. The molecule has 6 nitrogen and oxygen atoms in total. The molecule has 0 aromatic carbocycles. The van der Waals surface area contributed by atoms with Crippen molar-refractivity contribution >= 4 is 5.78 Å². The number of hydrogen-bond donors (Lipinski definition) is 1. The van der Waals surface area contributed by atoms with Gasteiger partial charge in [-0.25, -0.2) is 4.68 Å². The molecule has 0 radical (unpaired) electrons. The largest absolute Gasteiger partial charge is 0.366 e. The zero-order valence-corrected chi connectivity index (χ0v) is 16.2. The van der Waals surface area contributed by atoms with Crippen LogP contribution in [0.3, 0.4) is 0 Å². The predicted octanol–water partition coefficient (Wildman–Crippen LogP) is 3.09. The Hall–Kier alpha value is -1.27. The maximum Gasteiger partial charge on any atom is 0.159 e. The third-order valence-electron chi connectivity index (χ3n) is 4.00. The van der Waals surface area contributed by atoms with Gasteiger partial charge in [-0.1, -0.05) is 26.0 Å². The maximum atomic E-state index is 11.9. The van der Waals surface area contributed by atoms with Crippen LogP contribution in [0.4, 0.5) is 0 Å². The van der Waals surface area contributed by atoms with E-state index in [0.29, 0.717) is 19.4 Å². The van der Waals surface area contributed by atoms with Gasteiger partial charge in [0.2, 0.25) is 0 Å². The molecule has 1 N–H and O–H groups in total. The van der Waals surface area contributed by atoms with Gasteiger partial charge < -0.3 is 9.84 Å². The van der Waals surface area contributed by atoms with E-state index in [1.54, 1.807) is 13.8 Å². The van der Waals surface area contributed by atoms with Gasteiger partial charge in [-0.3, -0.25) is 4.79 Å². The first kappa shape index (κ1) is 20.8. The average Bonchev–Trinajstić information content (AvgIpc) is 2.85. The molecule has 0 aliphatic rings. The van der Waals surface area contributed by atoms with Gasteiger partial charge in [0.1, 0.15) is 5.78 Å². The highest BCUT2D eigenvalue weighted by atomic mass is 16.6. The molecule has 0 atom stereocenters. The smallest absolute Gasteiger partial charge is 0.159 e. The zero-order chi connectivity index (χ0) is 18.6. The molecule has 0 amide bonds. The fourth-order valence-electron chi connectivity index (χ4n) is 2.18. The fraction of sp³-hybridized carbons (Fsp3) is 0.833.